The number of nitrogens with zero attached hydrogens (tertiary/aromatic N) is 2. The predicted octanol–water partition coefficient (Wildman–Crippen LogP) is 4.41. The summed E-state index contributed by atoms with van der Waals surface area (Å²) in [5.41, 5.74) is 8.27. The van der Waals surface area contributed by atoms with Gasteiger partial charge < -0.3 is 10.6 Å². The van der Waals surface area contributed by atoms with Gasteiger partial charge in [-0.3, -0.25) is 0 Å². The first-order chi connectivity index (χ1) is 9.63. The van der Waals surface area contributed by atoms with Crippen LogP contribution in [0.15, 0.2) is 30.3 Å². The topological polar surface area (TPSA) is 42.2 Å². The fourth-order valence-corrected chi connectivity index (χ4v) is 3.26. The lowest BCUT2D eigenvalue weighted by Gasteiger charge is -2.21. The summed E-state index contributed by atoms with van der Waals surface area (Å²) in [5.74, 6) is 0. The number of nitrogens with two attached hydrogens (primary N) is 1. The maximum atomic E-state index is 6.02. The minimum atomic E-state index is 0.0463. The predicted molar refractivity (Wildman–Crippen MR) is 87.8 cm³/mol. The first kappa shape index (κ1) is 15.0. The zero-order valence-electron chi connectivity index (χ0n) is 12.5. The first-order valence-electron chi connectivity index (χ1n) is 7.19. The number of para-hydroxylation sites is 1. The number of aryl methyl sites for hydroxylation is 1. The molecule has 2 N–H and O–H groups in total. The largest absolute Gasteiger partial charge is 0.323 e. The van der Waals surface area contributed by atoms with Gasteiger partial charge in [-0.15, -0.1) is 0 Å². The van der Waals surface area contributed by atoms with E-state index in [-0.39, 0.29) is 6.04 Å². The van der Waals surface area contributed by atoms with E-state index < -0.39 is 0 Å². The molecule has 0 aliphatic carbocycles. The Hall–Kier alpha value is -1.39. The van der Waals surface area contributed by atoms with Crippen molar-refractivity contribution in [2.45, 2.75) is 39.7 Å². The van der Waals surface area contributed by atoms with Crippen molar-refractivity contribution in [3.05, 3.63) is 40.9 Å². The van der Waals surface area contributed by atoms with Gasteiger partial charge in [0.25, 0.3) is 0 Å². The third-order valence-electron chi connectivity index (χ3n) is 3.27. The summed E-state index contributed by atoms with van der Waals surface area (Å²) in [6.07, 6.45) is 2.33. The Bertz CT molecular complexity index is 534. The second-order valence-electron chi connectivity index (χ2n) is 5.08. The van der Waals surface area contributed by atoms with Gasteiger partial charge in [-0.25, -0.2) is 4.98 Å². The quantitative estimate of drug-likeness (QED) is 0.856. The van der Waals surface area contributed by atoms with Crippen molar-refractivity contribution < 1.29 is 0 Å². The van der Waals surface area contributed by atoms with E-state index in [1.807, 2.05) is 19.9 Å². The zero-order valence-corrected chi connectivity index (χ0v) is 13.3. The highest BCUT2D eigenvalue weighted by molar-refractivity contribution is 7.15. The monoisotopic (exact) mass is 289 g/mol. The fraction of sp³-hybridized carbons (Fsp3) is 0.438. The molecule has 2 aromatic rings. The SMILES string of the molecule is CCCCN(c1ccccc1)c1nc(C)c(C(C)N)s1. The number of unbranched alkanes of at least 4 members (excludes halogenated alkanes) is 1. The molecule has 0 radical (unpaired) electrons. The Kier molecular flexibility index (Phi) is 5.15. The molecule has 0 fully saturated rings. The number of thiazole rings is 1. The van der Waals surface area contributed by atoms with Crippen LogP contribution in [0.3, 0.4) is 0 Å². The standard InChI is InChI=1S/C16H23N3S/c1-4-5-11-19(14-9-7-6-8-10-14)16-18-13(3)15(20-16)12(2)17/h6-10,12H,4-5,11,17H2,1-3H3. The van der Waals surface area contributed by atoms with E-state index in [0.717, 1.165) is 23.8 Å². The number of rotatable bonds is 6. The summed E-state index contributed by atoms with van der Waals surface area (Å²) in [6.45, 7) is 7.26. The maximum Gasteiger partial charge on any atom is 0.190 e. The summed E-state index contributed by atoms with van der Waals surface area (Å²) < 4.78 is 0. The molecule has 1 unspecified atom stereocenters. The molecular weight excluding hydrogens is 266 g/mol. The van der Waals surface area contributed by atoms with Crippen LogP contribution >= 0.6 is 11.3 Å². The normalized spacial score (nSPS) is 12.4. The summed E-state index contributed by atoms with van der Waals surface area (Å²) in [7, 11) is 0. The second kappa shape index (κ2) is 6.86. The Morgan fingerprint density at radius 1 is 1.30 bits per heavy atom. The van der Waals surface area contributed by atoms with Crippen LogP contribution in [0.25, 0.3) is 0 Å². The molecule has 0 bridgehead atoms. The Labute approximate surface area is 125 Å². The van der Waals surface area contributed by atoms with Crippen LogP contribution in [0, 0.1) is 6.92 Å². The maximum absolute atomic E-state index is 6.02. The molecule has 3 nitrogen and oxygen atoms in total. The van der Waals surface area contributed by atoms with Gasteiger partial charge in [0.2, 0.25) is 0 Å². The van der Waals surface area contributed by atoms with Crippen molar-refractivity contribution in [1.82, 2.24) is 4.98 Å². The van der Waals surface area contributed by atoms with Gasteiger partial charge in [-0.2, -0.15) is 0 Å². The van der Waals surface area contributed by atoms with Gasteiger partial charge in [0, 0.05) is 23.2 Å². The average Bonchev–Trinajstić information content (AvgIpc) is 2.82. The molecule has 108 valence electrons. The van der Waals surface area contributed by atoms with E-state index in [4.69, 9.17) is 10.7 Å². The number of anilines is 2. The van der Waals surface area contributed by atoms with Crippen molar-refractivity contribution in [2.75, 3.05) is 11.4 Å². The number of hydrogen-bond acceptors (Lipinski definition) is 4. The zero-order chi connectivity index (χ0) is 14.5. The van der Waals surface area contributed by atoms with E-state index in [2.05, 4.69) is 36.1 Å². The van der Waals surface area contributed by atoms with Crippen molar-refractivity contribution in [3.8, 4) is 0 Å². The van der Waals surface area contributed by atoms with Crippen LogP contribution in [0.2, 0.25) is 0 Å². The van der Waals surface area contributed by atoms with Crippen LogP contribution in [0.4, 0.5) is 10.8 Å². The lowest BCUT2D eigenvalue weighted by molar-refractivity contribution is 0.783. The fourth-order valence-electron chi connectivity index (χ4n) is 2.19. The lowest BCUT2D eigenvalue weighted by atomic mass is 10.2. The second-order valence-corrected chi connectivity index (χ2v) is 6.08. The molecule has 4 heteroatoms. The number of hydrogen-bond donors (Lipinski definition) is 1. The minimum absolute atomic E-state index is 0.0463. The molecule has 0 saturated carbocycles. The molecular formula is C16H23N3S. The van der Waals surface area contributed by atoms with Gasteiger partial charge in [-0.05, 0) is 32.4 Å². The van der Waals surface area contributed by atoms with Gasteiger partial charge in [-0.1, -0.05) is 42.9 Å². The van der Waals surface area contributed by atoms with Crippen LogP contribution in [0.5, 0.6) is 0 Å². The van der Waals surface area contributed by atoms with Crippen LogP contribution in [-0.4, -0.2) is 11.5 Å². The summed E-state index contributed by atoms with van der Waals surface area (Å²) >= 11 is 1.71. The van der Waals surface area contributed by atoms with Crippen LogP contribution in [0.1, 0.15) is 43.3 Å². The van der Waals surface area contributed by atoms with Crippen molar-refractivity contribution >= 4 is 22.2 Å². The highest BCUT2D eigenvalue weighted by Gasteiger charge is 2.17. The molecule has 1 atom stereocenters. The minimum Gasteiger partial charge on any atom is -0.323 e. The van der Waals surface area contributed by atoms with Crippen molar-refractivity contribution in [1.29, 1.82) is 0 Å². The summed E-state index contributed by atoms with van der Waals surface area (Å²) in [5, 5.41) is 1.05. The number of aromatic nitrogens is 1. The molecule has 1 heterocycles. The Morgan fingerprint density at radius 2 is 2.00 bits per heavy atom. The highest BCUT2D eigenvalue weighted by Crippen LogP contribution is 2.34. The third kappa shape index (κ3) is 3.38. The van der Waals surface area contributed by atoms with Crippen LogP contribution < -0.4 is 10.6 Å². The number of benzene rings is 1. The molecule has 1 aromatic heterocycles. The summed E-state index contributed by atoms with van der Waals surface area (Å²) in [6, 6.07) is 10.5. The molecule has 0 aliphatic rings. The molecule has 0 saturated heterocycles. The lowest BCUT2D eigenvalue weighted by Crippen LogP contribution is -2.18. The summed E-state index contributed by atoms with van der Waals surface area (Å²) in [4.78, 5) is 8.20. The van der Waals surface area contributed by atoms with E-state index in [9.17, 15) is 0 Å². The van der Waals surface area contributed by atoms with Crippen LogP contribution in [-0.2, 0) is 0 Å². The van der Waals surface area contributed by atoms with E-state index in [1.165, 1.54) is 17.0 Å². The van der Waals surface area contributed by atoms with Gasteiger partial charge in [0.15, 0.2) is 5.13 Å². The molecule has 20 heavy (non-hydrogen) atoms. The first-order valence-corrected chi connectivity index (χ1v) is 8.00. The molecule has 0 spiro atoms. The van der Waals surface area contributed by atoms with E-state index in [1.54, 1.807) is 11.3 Å². The van der Waals surface area contributed by atoms with Gasteiger partial charge in [0.1, 0.15) is 0 Å². The van der Waals surface area contributed by atoms with Gasteiger partial charge in [0.05, 0.1) is 5.69 Å². The Balaban J connectivity index is 2.34. The van der Waals surface area contributed by atoms with E-state index in [0.29, 0.717) is 0 Å². The average molecular weight is 289 g/mol. The molecule has 2 rings (SSSR count). The molecule has 0 amide bonds. The smallest absolute Gasteiger partial charge is 0.190 e. The molecule has 1 aromatic carbocycles. The third-order valence-corrected chi connectivity index (χ3v) is 4.65. The van der Waals surface area contributed by atoms with E-state index >= 15 is 0 Å². The Morgan fingerprint density at radius 3 is 2.55 bits per heavy atom. The van der Waals surface area contributed by atoms with Crippen molar-refractivity contribution in [2.24, 2.45) is 5.73 Å². The molecule has 0 aliphatic heterocycles. The van der Waals surface area contributed by atoms with Crippen molar-refractivity contribution in [3.63, 3.8) is 0 Å². The van der Waals surface area contributed by atoms with Gasteiger partial charge >= 0.3 is 0 Å². The highest BCUT2D eigenvalue weighted by atomic mass is 32.1.